The van der Waals surface area contributed by atoms with Crippen LogP contribution < -0.4 is 0 Å². The Balaban J connectivity index is 2.03. The highest BCUT2D eigenvalue weighted by Gasteiger charge is 2.24. The summed E-state index contributed by atoms with van der Waals surface area (Å²) in [5.74, 6) is 2.28. The molecular formula is C11H11ClOS. The molecule has 14 heavy (non-hydrogen) atoms. The number of carbonyl (C=O) groups is 1. The highest BCUT2D eigenvalue weighted by Crippen LogP contribution is 2.24. The SMILES string of the molecule is O=C1CSCC1Cc1ccc(Cl)cc1. The highest BCUT2D eigenvalue weighted by atomic mass is 35.5. The van der Waals surface area contributed by atoms with E-state index in [4.69, 9.17) is 11.6 Å². The molecule has 0 bridgehead atoms. The zero-order valence-electron chi connectivity index (χ0n) is 7.70. The van der Waals surface area contributed by atoms with Gasteiger partial charge in [-0.15, -0.1) is 0 Å². The van der Waals surface area contributed by atoms with E-state index in [0.29, 0.717) is 11.5 Å². The number of rotatable bonds is 2. The normalized spacial score (nSPS) is 21.5. The van der Waals surface area contributed by atoms with E-state index in [0.717, 1.165) is 17.2 Å². The van der Waals surface area contributed by atoms with Gasteiger partial charge in [-0.1, -0.05) is 23.7 Å². The second-order valence-corrected chi connectivity index (χ2v) is 4.98. The molecule has 0 amide bonds. The molecule has 0 aliphatic carbocycles. The number of benzene rings is 1. The van der Waals surface area contributed by atoms with Gasteiger partial charge in [-0.3, -0.25) is 4.79 Å². The number of hydrogen-bond acceptors (Lipinski definition) is 2. The number of ketones is 1. The fourth-order valence-electron chi connectivity index (χ4n) is 1.59. The maximum atomic E-state index is 11.4. The van der Waals surface area contributed by atoms with Crippen molar-refractivity contribution < 1.29 is 4.79 Å². The van der Waals surface area contributed by atoms with E-state index in [2.05, 4.69) is 0 Å². The van der Waals surface area contributed by atoms with E-state index in [-0.39, 0.29) is 5.92 Å². The van der Waals surface area contributed by atoms with Crippen molar-refractivity contribution in [2.75, 3.05) is 11.5 Å². The second-order valence-electron chi connectivity index (χ2n) is 3.51. The zero-order valence-corrected chi connectivity index (χ0v) is 9.27. The quantitative estimate of drug-likeness (QED) is 0.772. The van der Waals surface area contributed by atoms with Crippen LogP contribution in [0.1, 0.15) is 5.56 Å². The number of hydrogen-bond donors (Lipinski definition) is 0. The second kappa shape index (κ2) is 4.37. The first-order valence-electron chi connectivity index (χ1n) is 4.60. The van der Waals surface area contributed by atoms with Gasteiger partial charge in [0.05, 0.1) is 5.75 Å². The van der Waals surface area contributed by atoms with Crippen LogP contribution in [-0.2, 0) is 11.2 Å². The van der Waals surface area contributed by atoms with Gasteiger partial charge in [0.15, 0.2) is 0 Å². The van der Waals surface area contributed by atoms with Gasteiger partial charge in [-0.25, -0.2) is 0 Å². The zero-order chi connectivity index (χ0) is 9.97. The third-order valence-electron chi connectivity index (χ3n) is 2.41. The monoisotopic (exact) mass is 226 g/mol. The molecule has 0 spiro atoms. The van der Waals surface area contributed by atoms with Crippen LogP contribution in [0.4, 0.5) is 0 Å². The van der Waals surface area contributed by atoms with Crippen molar-refractivity contribution >= 4 is 29.1 Å². The van der Waals surface area contributed by atoms with Crippen LogP contribution in [0.3, 0.4) is 0 Å². The molecule has 1 heterocycles. The van der Waals surface area contributed by atoms with E-state index < -0.39 is 0 Å². The molecule has 1 aliphatic rings. The standard InChI is InChI=1S/C11H11ClOS/c12-10-3-1-8(2-4-10)5-9-6-14-7-11(9)13/h1-4,9H,5-7H2. The Morgan fingerprint density at radius 3 is 2.64 bits per heavy atom. The third-order valence-corrected chi connectivity index (χ3v) is 3.79. The first-order chi connectivity index (χ1) is 6.75. The molecule has 0 saturated carbocycles. The van der Waals surface area contributed by atoms with Crippen LogP contribution in [0, 0.1) is 5.92 Å². The summed E-state index contributed by atoms with van der Waals surface area (Å²) in [5, 5.41) is 0.751. The Labute approximate surface area is 92.8 Å². The highest BCUT2D eigenvalue weighted by molar-refractivity contribution is 8.00. The molecule has 3 heteroatoms. The molecular weight excluding hydrogens is 216 g/mol. The van der Waals surface area contributed by atoms with Gasteiger partial charge in [0.1, 0.15) is 5.78 Å². The molecule has 74 valence electrons. The minimum atomic E-state index is 0.223. The molecule has 0 radical (unpaired) electrons. The number of carbonyl (C=O) groups excluding carboxylic acids is 1. The summed E-state index contributed by atoms with van der Waals surface area (Å²) in [4.78, 5) is 11.4. The molecule has 1 aromatic rings. The molecule has 0 aromatic heterocycles. The lowest BCUT2D eigenvalue weighted by Crippen LogP contribution is -2.13. The van der Waals surface area contributed by atoms with Crippen molar-refractivity contribution in [3.8, 4) is 0 Å². The van der Waals surface area contributed by atoms with E-state index in [1.165, 1.54) is 5.56 Å². The number of thioether (sulfide) groups is 1. The van der Waals surface area contributed by atoms with Gasteiger partial charge < -0.3 is 0 Å². The predicted molar refractivity (Wildman–Crippen MR) is 61.0 cm³/mol. The Hall–Kier alpha value is -0.470. The summed E-state index contributed by atoms with van der Waals surface area (Å²) in [6, 6.07) is 7.75. The average Bonchev–Trinajstić information content (AvgIpc) is 2.56. The molecule has 1 fully saturated rings. The molecule has 1 aliphatic heterocycles. The fourth-order valence-corrected chi connectivity index (χ4v) is 2.86. The molecule has 1 aromatic carbocycles. The molecule has 2 rings (SSSR count). The van der Waals surface area contributed by atoms with Crippen LogP contribution in [0.25, 0.3) is 0 Å². The average molecular weight is 227 g/mol. The van der Waals surface area contributed by atoms with Gasteiger partial charge >= 0.3 is 0 Å². The number of halogens is 1. The molecule has 1 saturated heterocycles. The Bertz CT molecular complexity index is 334. The molecule has 0 N–H and O–H groups in total. The Morgan fingerprint density at radius 1 is 1.36 bits per heavy atom. The van der Waals surface area contributed by atoms with Crippen molar-refractivity contribution in [2.45, 2.75) is 6.42 Å². The predicted octanol–water partition coefficient (Wildman–Crippen LogP) is 2.81. The topological polar surface area (TPSA) is 17.1 Å². The van der Waals surface area contributed by atoms with Crippen LogP contribution in [0.15, 0.2) is 24.3 Å². The van der Waals surface area contributed by atoms with Gasteiger partial charge in [-0.2, -0.15) is 11.8 Å². The van der Waals surface area contributed by atoms with E-state index in [1.807, 2.05) is 24.3 Å². The van der Waals surface area contributed by atoms with Gasteiger partial charge in [-0.05, 0) is 24.1 Å². The van der Waals surface area contributed by atoms with Crippen LogP contribution >= 0.6 is 23.4 Å². The van der Waals surface area contributed by atoms with E-state index in [1.54, 1.807) is 11.8 Å². The van der Waals surface area contributed by atoms with E-state index >= 15 is 0 Å². The fraction of sp³-hybridized carbons (Fsp3) is 0.364. The third kappa shape index (κ3) is 2.31. The lowest BCUT2D eigenvalue weighted by molar-refractivity contribution is -0.119. The van der Waals surface area contributed by atoms with Crippen molar-refractivity contribution in [3.05, 3.63) is 34.9 Å². The molecule has 1 nitrogen and oxygen atoms in total. The molecule has 1 unspecified atom stereocenters. The lowest BCUT2D eigenvalue weighted by atomic mass is 9.98. The van der Waals surface area contributed by atoms with Crippen LogP contribution in [0.2, 0.25) is 5.02 Å². The van der Waals surface area contributed by atoms with Gasteiger partial charge in [0.2, 0.25) is 0 Å². The molecule has 1 atom stereocenters. The maximum Gasteiger partial charge on any atom is 0.146 e. The summed E-state index contributed by atoms with van der Waals surface area (Å²) < 4.78 is 0. The van der Waals surface area contributed by atoms with Crippen molar-refractivity contribution in [2.24, 2.45) is 5.92 Å². The van der Waals surface area contributed by atoms with Crippen molar-refractivity contribution in [1.82, 2.24) is 0 Å². The Morgan fingerprint density at radius 2 is 2.07 bits per heavy atom. The largest absolute Gasteiger partial charge is 0.298 e. The number of Topliss-reactive ketones (excluding diaryl/α,β-unsaturated/α-hetero) is 1. The summed E-state index contributed by atoms with van der Waals surface area (Å²) in [6.45, 7) is 0. The Kier molecular flexibility index (Phi) is 3.14. The van der Waals surface area contributed by atoms with Crippen LogP contribution in [0.5, 0.6) is 0 Å². The van der Waals surface area contributed by atoms with Crippen molar-refractivity contribution in [1.29, 1.82) is 0 Å². The summed E-state index contributed by atoms with van der Waals surface area (Å²) >= 11 is 7.52. The minimum Gasteiger partial charge on any atom is -0.298 e. The smallest absolute Gasteiger partial charge is 0.146 e. The van der Waals surface area contributed by atoms with Gasteiger partial charge in [0, 0.05) is 16.7 Å². The van der Waals surface area contributed by atoms with Crippen LogP contribution in [-0.4, -0.2) is 17.3 Å². The maximum absolute atomic E-state index is 11.4. The first-order valence-corrected chi connectivity index (χ1v) is 6.14. The summed E-state index contributed by atoms with van der Waals surface area (Å²) in [6.07, 6.45) is 0.864. The lowest BCUT2D eigenvalue weighted by Gasteiger charge is -2.06. The summed E-state index contributed by atoms with van der Waals surface area (Å²) in [5.41, 5.74) is 1.20. The van der Waals surface area contributed by atoms with E-state index in [9.17, 15) is 4.79 Å². The minimum absolute atomic E-state index is 0.223. The first kappa shape index (κ1) is 10.1. The van der Waals surface area contributed by atoms with Gasteiger partial charge in [0.25, 0.3) is 0 Å². The summed E-state index contributed by atoms with van der Waals surface area (Å²) in [7, 11) is 0. The van der Waals surface area contributed by atoms with Crippen molar-refractivity contribution in [3.63, 3.8) is 0 Å².